The highest BCUT2D eigenvalue weighted by Crippen LogP contribution is 2.78. The second-order valence-electron chi connectivity index (χ2n) is 9.52. The first-order valence-corrected chi connectivity index (χ1v) is 11.5. The van der Waals surface area contributed by atoms with Gasteiger partial charge in [-0.15, -0.1) is 0 Å². The van der Waals surface area contributed by atoms with Crippen LogP contribution in [-0.4, -0.2) is 31.9 Å². The lowest BCUT2D eigenvalue weighted by atomic mass is 9.57. The number of hydrogen-bond acceptors (Lipinski definition) is 5. The molecule has 2 aromatic rings. The number of esters is 2. The Bertz CT molecular complexity index is 1100. The summed E-state index contributed by atoms with van der Waals surface area (Å²) in [6, 6.07) is 18.7. The number of ether oxygens (including phenoxy) is 2. The molecular weight excluding hydrogens is 416 g/mol. The zero-order valence-corrected chi connectivity index (χ0v) is 18.9. The van der Waals surface area contributed by atoms with Crippen molar-refractivity contribution in [2.75, 3.05) is 14.2 Å². The first-order chi connectivity index (χ1) is 16.0. The Morgan fingerprint density at radius 2 is 1.55 bits per heavy atom. The van der Waals surface area contributed by atoms with E-state index in [4.69, 9.17) is 9.47 Å². The summed E-state index contributed by atoms with van der Waals surface area (Å²) in [4.78, 5) is 41.3. The summed E-state index contributed by atoms with van der Waals surface area (Å²) in [7, 11) is 2.70. The second-order valence-corrected chi connectivity index (χ2v) is 9.52. The molecule has 5 nitrogen and oxygen atoms in total. The molecule has 0 aliphatic heterocycles. The van der Waals surface area contributed by atoms with Gasteiger partial charge in [0, 0.05) is 17.4 Å². The fourth-order valence-electron chi connectivity index (χ4n) is 6.79. The summed E-state index contributed by atoms with van der Waals surface area (Å²) in [5, 5.41) is 0. The molecular formula is C28H28O5. The number of ketones is 1. The molecule has 0 N–H and O–H groups in total. The van der Waals surface area contributed by atoms with Crippen LogP contribution in [0.1, 0.15) is 28.8 Å². The van der Waals surface area contributed by atoms with E-state index in [-0.39, 0.29) is 23.0 Å². The lowest BCUT2D eigenvalue weighted by Gasteiger charge is -2.43. The van der Waals surface area contributed by atoms with Crippen LogP contribution in [0, 0.1) is 34.5 Å². The van der Waals surface area contributed by atoms with Gasteiger partial charge in [-0.1, -0.05) is 72.8 Å². The zero-order chi connectivity index (χ0) is 23.2. The highest BCUT2D eigenvalue weighted by Gasteiger charge is 2.79. The van der Waals surface area contributed by atoms with Gasteiger partial charge in [-0.05, 0) is 36.2 Å². The predicted molar refractivity (Wildman–Crippen MR) is 122 cm³/mol. The quantitative estimate of drug-likeness (QED) is 0.362. The van der Waals surface area contributed by atoms with Crippen molar-refractivity contribution in [2.24, 2.45) is 34.5 Å². The number of benzene rings is 2. The van der Waals surface area contributed by atoms with Crippen molar-refractivity contribution in [1.82, 2.24) is 0 Å². The molecule has 0 aromatic heterocycles. The van der Waals surface area contributed by atoms with Gasteiger partial charge >= 0.3 is 11.9 Å². The van der Waals surface area contributed by atoms with Gasteiger partial charge in [0.2, 0.25) is 0 Å². The molecule has 33 heavy (non-hydrogen) atoms. The number of allylic oxidation sites excluding steroid dienone is 2. The summed E-state index contributed by atoms with van der Waals surface area (Å²) in [5.74, 6) is -2.97. The number of methoxy groups -OCH3 is 2. The highest BCUT2D eigenvalue weighted by molar-refractivity contribution is 6.03. The monoisotopic (exact) mass is 444 g/mol. The third-order valence-electron chi connectivity index (χ3n) is 8.24. The smallest absolute Gasteiger partial charge is 0.314 e. The first kappa shape index (κ1) is 21.6. The van der Waals surface area contributed by atoms with E-state index in [9.17, 15) is 14.4 Å². The molecule has 2 saturated carbocycles. The molecule has 0 saturated heterocycles. The van der Waals surface area contributed by atoms with Crippen LogP contribution in [0.2, 0.25) is 0 Å². The lowest BCUT2D eigenvalue weighted by molar-refractivity contribution is -0.171. The molecule has 0 heterocycles. The van der Waals surface area contributed by atoms with Crippen LogP contribution < -0.4 is 0 Å². The molecule has 0 amide bonds. The maximum absolute atomic E-state index is 14.1. The van der Waals surface area contributed by atoms with Crippen molar-refractivity contribution in [2.45, 2.75) is 19.3 Å². The van der Waals surface area contributed by atoms with Crippen LogP contribution in [0.4, 0.5) is 0 Å². The van der Waals surface area contributed by atoms with Gasteiger partial charge in [-0.25, -0.2) is 0 Å². The maximum atomic E-state index is 14.1. The fourth-order valence-corrected chi connectivity index (χ4v) is 6.79. The van der Waals surface area contributed by atoms with Crippen LogP contribution in [0.25, 0.3) is 0 Å². The number of carbonyl (C=O) groups excluding carboxylic acids is 3. The van der Waals surface area contributed by atoms with Gasteiger partial charge in [0.05, 0.1) is 25.6 Å². The Balaban J connectivity index is 1.73. The molecule has 0 radical (unpaired) electrons. The van der Waals surface area contributed by atoms with Gasteiger partial charge in [0.1, 0.15) is 0 Å². The fraction of sp³-hybridized carbons (Fsp3) is 0.393. The molecule has 2 bridgehead atoms. The molecule has 5 rings (SSSR count). The van der Waals surface area contributed by atoms with Crippen LogP contribution in [0.5, 0.6) is 0 Å². The molecule has 170 valence electrons. The molecule has 5 atom stereocenters. The SMILES string of the molecule is COC(=O)[C@H]1[C@H]2C=C[C@H](C23CC3)[C@@]1(C(=O)OC)[C@H](Cc1ccccc1)C(=O)c1ccccc1. The van der Waals surface area contributed by atoms with Crippen LogP contribution in [-0.2, 0) is 25.5 Å². The maximum Gasteiger partial charge on any atom is 0.314 e. The van der Waals surface area contributed by atoms with Gasteiger partial charge in [-0.3, -0.25) is 14.4 Å². The van der Waals surface area contributed by atoms with E-state index in [1.807, 2.05) is 48.5 Å². The first-order valence-electron chi connectivity index (χ1n) is 11.5. The van der Waals surface area contributed by atoms with E-state index in [1.54, 1.807) is 12.1 Å². The number of carbonyl (C=O) groups is 3. The van der Waals surface area contributed by atoms with Gasteiger partial charge in [0.15, 0.2) is 5.78 Å². The molecule has 5 heteroatoms. The van der Waals surface area contributed by atoms with Crippen molar-refractivity contribution in [3.8, 4) is 0 Å². The van der Waals surface area contributed by atoms with Gasteiger partial charge in [0.25, 0.3) is 0 Å². The minimum atomic E-state index is -1.32. The Hall–Kier alpha value is -3.21. The minimum absolute atomic E-state index is 0.129. The number of rotatable bonds is 7. The van der Waals surface area contributed by atoms with Gasteiger partial charge < -0.3 is 9.47 Å². The molecule has 3 aliphatic rings. The molecule has 2 fully saturated rings. The third kappa shape index (κ3) is 3.01. The average molecular weight is 445 g/mol. The molecule has 0 unspecified atom stereocenters. The normalized spacial score (nSPS) is 29.0. The third-order valence-corrected chi connectivity index (χ3v) is 8.24. The summed E-state index contributed by atoms with van der Waals surface area (Å²) in [6.07, 6.45) is 6.32. The Labute approximate surface area is 193 Å². The highest BCUT2D eigenvalue weighted by atomic mass is 16.5. The van der Waals surface area contributed by atoms with Crippen LogP contribution in [0.3, 0.4) is 0 Å². The standard InChI is InChI=1S/C28H28O5/c1-32-25(30)23-20-13-14-22(27(20)15-16-27)28(23,26(31)33-2)21(17-18-9-5-3-6-10-18)24(29)19-11-7-4-8-12-19/h3-14,20-23H,15-17H2,1-2H3/t20-,21-,22-,23-,28+/m1/s1. The zero-order valence-electron chi connectivity index (χ0n) is 18.9. The average Bonchev–Trinajstić information content (AvgIpc) is 3.54. The molecule has 3 aliphatic carbocycles. The largest absolute Gasteiger partial charge is 0.469 e. The van der Waals surface area contributed by atoms with E-state index < -0.39 is 29.2 Å². The van der Waals surface area contributed by atoms with E-state index in [1.165, 1.54) is 14.2 Å². The second kappa shape index (κ2) is 7.98. The summed E-state index contributed by atoms with van der Waals surface area (Å²) in [6.45, 7) is 0. The van der Waals surface area contributed by atoms with Crippen molar-refractivity contribution in [1.29, 1.82) is 0 Å². The predicted octanol–water partition coefficient (Wildman–Crippen LogP) is 4.27. The van der Waals surface area contributed by atoms with Gasteiger partial charge in [-0.2, -0.15) is 0 Å². The van der Waals surface area contributed by atoms with Crippen LogP contribution >= 0.6 is 0 Å². The van der Waals surface area contributed by atoms with Crippen molar-refractivity contribution in [3.05, 3.63) is 83.9 Å². The molecule has 2 aromatic carbocycles. The van der Waals surface area contributed by atoms with E-state index in [0.29, 0.717) is 12.0 Å². The Morgan fingerprint density at radius 3 is 2.12 bits per heavy atom. The lowest BCUT2D eigenvalue weighted by Crippen LogP contribution is -2.54. The summed E-state index contributed by atoms with van der Waals surface area (Å²) < 4.78 is 10.7. The summed E-state index contributed by atoms with van der Waals surface area (Å²) in [5.41, 5.74) is -0.0170. The minimum Gasteiger partial charge on any atom is -0.469 e. The number of Topliss-reactive ketones (excluding diaryl/α,β-unsaturated/α-hetero) is 1. The molecule has 1 spiro atoms. The van der Waals surface area contributed by atoms with Crippen molar-refractivity contribution >= 4 is 17.7 Å². The van der Waals surface area contributed by atoms with E-state index in [0.717, 1.165) is 18.4 Å². The Kier molecular flexibility index (Phi) is 5.23. The Morgan fingerprint density at radius 1 is 0.909 bits per heavy atom. The van der Waals surface area contributed by atoms with Crippen molar-refractivity contribution < 1.29 is 23.9 Å². The van der Waals surface area contributed by atoms with E-state index >= 15 is 0 Å². The van der Waals surface area contributed by atoms with Crippen molar-refractivity contribution in [3.63, 3.8) is 0 Å². The topological polar surface area (TPSA) is 69.7 Å². The number of hydrogen-bond donors (Lipinski definition) is 0. The van der Waals surface area contributed by atoms with Crippen LogP contribution in [0.15, 0.2) is 72.8 Å². The van der Waals surface area contributed by atoms with E-state index in [2.05, 4.69) is 12.2 Å². The summed E-state index contributed by atoms with van der Waals surface area (Å²) >= 11 is 0.